The van der Waals surface area contributed by atoms with Gasteiger partial charge in [-0.15, -0.1) is 0 Å². The lowest BCUT2D eigenvalue weighted by atomic mass is 9.93. The topological polar surface area (TPSA) is 29.3 Å². The van der Waals surface area contributed by atoms with Crippen molar-refractivity contribution in [1.29, 1.82) is 0 Å². The lowest BCUT2D eigenvalue weighted by molar-refractivity contribution is 0.0296. The highest BCUT2D eigenvalue weighted by Crippen LogP contribution is 2.65. The highest BCUT2D eigenvalue weighted by atomic mass is 19.3. The Balaban J connectivity index is 1.56. The Kier molecular flexibility index (Phi) is 2.30. The fraction of sp³-hybridized carbons (Fsp3) is 0.750. The number of likely N-dealkylation sites (tertiary alicyclic amines) is 1. The Morgan fingerprint density at radius 1 is 1.41 bits per heavy atom. The van der Waals surface area contributed by atoms with Gasteiger partial charge < -0.3 is 4.52 Å². The molecule has 0 radical (unpaired) electrons. The van der Waals surface area contributed by atoms with Crippen molar-refractivity contribution in [3.8, 4) is 0 Å². The molecule has 1 aliphatic heterocycles. The van der Waals surface area contributed by atoms with Crippen molar-refractivity contribution in [1.82, 2.24) is 10.1 Å². The van der Waals surface area contributed by atoms with Crippen molar-refractivity contribution in [3.05, 3.63) is 17.5 Å². The lowest BCUT2D eigenvalue weighted by Gasteiger charge is -2.31. The van der Waals surface area contributed by atoms with E-state index in [1.54, 1.807) is 0 Å². The molecule has 1 saturated heterocycles. The van der Waals surface area contributed by atoms with Crippen molar-refractivity contribution in [2.75, 3.05) is 13.1 Å². The molecule has 0 aromatic carbocycles. The average molecular weight is 242 g/mol. The third-order valence-electron chi connectivity index (χ3n) is 4.09. The molecule has 0 N–H and O–H groups in total. The Hall–Kier alpha value is -0.970. The SMILES string of the molecule is Cc1cc(CN2CCC3(CC2)CC3(F)F)no1. The lowest BCUT2D eigenvalue weighted by Crippen LogP contribution is -2.36. The van der Waals surface area contributed by atoms with Crippen molar-refractivity contribution >= 4 is 0 Å². The molecule has 2 heterocycles. The first-order valence-electron chi connectivity index (χ1n) is 6.03. The van der Waals surface area contributed by atoms with E-state index in [0.29, 0.717) is 19.4 Å². The number of hydrogen-bond acceptors (Lipinski definition) is 3. The Morgan fingerprint density at radius 3 is 2.53 bits per heavy atom. The van der Waals surface area contributed by atoms with Crippen LogP contribution in [-0.2, 0) is 6.54 Å². The maximum atomic E-state index is 13.2. The van der Waals surface area contributed by atoms with Crippen LogP contribution in [0.1, 0.15) is 30.7 Å². The van der Waals surface area contributed by atoms with Crippen LogP contribution in [-0.4, -0.2) is 29.1 Å². The normalized spacial score (nSPS) is 26.3. The first-order valence-corrected chi connectivity index (χ1v) is 6.03. The van der Waals surface area contributed by atoms with Crippen LogP contribution >= 0.6 is 0 Å². The highest BCUT2D eigenvalue weighted by Gasteiger charge is 2.70. The summed E-state index contributed by atoms with van der Waals surface area (Å²) in [7, 11) is 0. The minimum absolute atomic E-state index is 0.0942. The van der Waals surface area contributed by atoms with Gasteiger partial charge in [0.05, 0.1) is 5.69 Å². The second-order valence-electron chi connectivity index (χ2n) is 5.37. The third kappa shape index (κ3) is 1.86. The van der Waals surface area contributed by atoms with E-state index in [1.807, 2.05) is 13.0 Å². The number of alkyl halides is 2. The summed E-state index contributed by atoms with van der Waals surface area (Å²) in [6.07, 6.45) is 1.31. The maximum absolute atomic E-state index is 13.2. The minimum Gasteiger partial charge on any atom is -0.361 e. The van der Waals surface area contributed by atoms with Crippen LogP contribution in [0.15, 0.2) is 10.6 Å². The zero-order valence-corrected chi connectivity index (χ0v) is 9.88. The number of hydrogen-bond donors (Lipinski definition) is 0. The second kappa shape index (κ2) is 3.51. The molecule has 0 unspecified atom stereocenters. The summed E-state index contributed by atoms with van der Waals surface area (Å²) < 4.78 is 31.4. The molecule has 0 atom stereocenters. The van der Waals surface area contributed by atoms with Crippen LogP contribution < -0.4 is 0 Å². The summed E-state index contributed by atoms with van der Waals surface area (Å²) in [5, 5.41) is 3.93. The summed E-state index contributed by atoms with van der Waals surface area (Å²) in [5.41, 5.74) is 0.226. The molecule has 1 spiro atoms. The van der Waals surface area contributed by atoms with E-state index in [1.165, 1.54) is 0 Å². The fourth-order valence-electron chi connectivity index (χ4n) is 2.78. The number of aryl methyl sites for hydroxylation is 1. The van der Waals surface area contributed by atoms with Gasteiger partial charge in [0.2, 0.25) is 0 Å². The summed E-state index contributed by atoms with van der Waals surface area (Å²) in [6.45, 7) is 4.04. The zero-order chi connectivity index (χ0) is 12.1. The molecule has 1 aromatic rings. The van der Waals surface area contributed by atoms with Crippen LogP contribution in [0.4, 0.5) is 8.78 Å². The molecule has 0 amide bonds. The van der Waals surface area contributed by atoms with E-state index in [0.717, 1.165) is 24.5 Å². The molecular weight excluding hydrogens is 226 g/mol. The smallest absolute Gasteiger partial charge is 0.254 e. The van der Waals surface area contributed by atoms with E-state index in [4.69, 9.17) is 4.52 Å². The van der Waals surface area contributed by atoms with Crippen LogP contribution in [0.2, 0.25) is 0 Å². The Morgan fingerprint density at radius 2 is 2.06 bits per heavy atom. The van der Waals surface area contributed by atoms with Crippen LogP contribution in [0.5, 0.6) is 0 Å². The van der Waals surface area contributed by atoms with Gasteiger partial charge in [0.1, 0.15) is 5.76 Å². The van der Waals surface area contributed by atoms with E-state index in [2.05, 4.69) is 10.1 Å². The molecule has 94 valence electrons. The van der Waals surface area contributed by atoms with Gasteiger partial charge in [-0.05, 0) is 32.9 Å². The molecule has 2 aliphatic rings. The minimum atomic E-state index is -2.40. The fourth-order valence-corrected chi connectivity index (χ4v) is 2.78. The third-order valence-corrected chi connectivity index (χ3v) is 4.09. The van der Waals surface area contributed by atoms with Crippen LogP contribution in [0.3, 0.4) is 0 Å². The molecule has 1 saturated carbocycles. The highest BCUT2D eigenvalue weighted by molar-refractivity contribution is 5.12. The molecule has 5 heteroatoms. The maximum Gasteiger partial charge on any atom is 0.254 e. The molecule has 1 aliphatic carbocycles. The van der Waals surface area contributed by atoms with Crippen LogP contribution in [0, 0.1) is 12.3 Å². The number of halogens is 2. The van der Waals surface area contributed by atoms with Gasteiger partial charge in [0, 0.05) is 24.4 Å². The number of aromatic nitrogens is 1. The standard InChI is InChI=1S/C12H16F2N2O/c1-9-6-10(15-17-9)7-16-4-2-11(3-5-16)8-12(11,13)14/h6H,2-5,7-8H2,1H3. The summed E-state index contributed by atoms with van der Waals surface area (Å²) >= 11 is 0. The quantitative estimate of drug-likeness (QED) is 0.798. The number of nitrogens with zero attached hydrogens (tertiary/aromatic N) is 2. The zero-order valence-electron chi connectivity index (χ0n) is 9.88. The van der Waals surface area contributed by atoms with E-state index < -0.39 is 11.3 Å². The number of piperidine rings is 1. The van der Waals surface area contributed by atoms with Gasteiger partial charge in [0.15, 0.2) is 0 Å². The van der Waals surface area contributed by atoms with Crippen molar-refractivity contribution in [2.45, 2.75) is 38.7 Å². The summed E-state index contributed by atoms with van der Waals surface area (Å²) in [4.78, 5) is 2.18. The van der Waals surface area contributed by atoms with Gasteiger partial charge >= 0.3 is 0 Å². The van der Waals surface area contributed by atoms with Gasteiger partial charge in [-0.2, -0.15) is 0 Å². The van der Waals surface area contributed by atoms with Crippen molar-refractivity contribution in [2.24, 2.45) is 5.41 Å². The number of rotatable bonds is 2. The first-order chi connectivity index (χ1) is 8.01. The first kappa shape index (κ1) is 11.1. The van der Waals surface area contributed by atoms with Crippen LogP contribution in [0.25, 0.3) is 0 Å². The average Bonchev–Trinajstić information content (AvgIpc) is 2.59. The predicted octanol–water partition coefficient (Wildman–Crippen LogP) is 2.60. The van der Waals surface area contributed by atoms with Crippen molar-refractivity contribution < 1.29 is 13.3 Å². The molecule has 17 heavy (non-hydrogen) atoms. The molecule has 2 fully saturated rings. The second-order valence-corrected chi connectivity index (χ2v) is 5.37. The van der Waals surface area contributed by atoms with E-state index in [-0.39, 0.29) is 6.42 Å². The van der Waals surface area contributed by atoms with E-state index in [9.17, 15) is 8.78 Å². The Labute approximate surface area is 98.8 Å². The molecular formula is C12H16F2N2O. The van der Waals surface area contributed by atoms with Gasteiger partial charge in [-0.3, -0.25) is 4.90 Å². The molecule has 3 nitrogen and oxygen atoms in total. The summed E-state index contributed by atoms with van der Waals surface area (Å²) in [6, 6.07) is 1.90. The monoisotopic (exact) mass is 242 g/mol. The van der Waals surface area contributed by atoms with E-state index >= 15 is 0 Å². The molecule has 0 bridgehead atoms. The summed E-state index contributed by atoms with van der Waals surface area (Å²) in [5.74, 6) is -1.61. The molecule has 3 rings (SSSR count). The van der Waals surface area contributed by atoms with Gasteiger partial charge in [-0.25, -0.2) is 8.78 Å². The largest absolute Gasteiger partial charge is 0.361 e. The Bertz CT molecular complexity index is 422. The van der Waals surface area contributed by atoms with Gasteiger partial charge in [-0.1, -0.05) is 5.16 Å². The van der Waals surface area contributed by atoms with Crippen molar-refractivity contribution in [3.63, 3.8) is 0 Å². The molecule has 1 aromatic heterocycles. The van der Waals surface area contributed by atoms with Gasteiger partial charge in [0.25, 0.3) is 5.92 Å². The predicted molar refractivity (Wildman–Crippen MR) is 57.7 cm³/mol.